The molecular formula is C19H32IN5O2. The van der Waals surface area contributed by atoms with Gasteiger partial charge in [0.15, 0.2) is 5.96 Å². The Morgan fingerprint density at radius 3 is 2.78 bits per heavy atom. The molecule has 1 aromatic rings. The van der Waals surface area contributed by atoms with E-state index < -0.39 is 0 Å². The Morgan fingerprint density at radius 1 is 1.30 bits per heavy atom. The Hall–Kier alpha value is -1.13. The van der Waals surface area contributed by atoms with E-state index in [0.717, 1.165) is 64.2 Å². The molecule has 2 heterocycles. The summed E-state index contributed by atoms with van der Waals surface area (Å²) in [6.45, 7) is 6.16. The molecule has 0 bridgehead atoms. The lowest BCUT2D eigenvalue weighted by Gasteiger charge is -2.26. The van der Waals surface area contributed by atoms with Crippen LogP contribution in [-0.4, -0.2) is 61.3 Å². The lowest BCUT2D eigenvalue weighted by atomic mass is 10.3. The van der Waals surface area contributed by atoms with E-state index in [4.69, 9.17) is 15.2 Å². The van der Waals surface area contributed by atoms with E-state index in [9.17, 15) is 0 Å². The number of hydrogen-bond donors (Lipinski definition) is 2. The molecule has 1 aromatic heterocycles. The maximum atomic E-state index is 5.94. The first-order chi connectivity index (χ1) is 12.8. The maximum absolute atomic E-state index is 5.94. The molecule has 1 aliphatic carbocycles. The lowest BCUT2D eigenvalue weighted by molar-refractivity contribution is 0.0376. The van der Waals surface area contributed by atoms with Crippen molar-refractivity contribution >= 4 is 29.9 Å². The van der Waals surface area contributed by atoms with Gasteiger partial charge in [-0.2, -0.15) is 0 Å². The number of halogens is 1. The molecule has 0 spiro atoms. The molecule has 152 valence electrons. The van der Waals surface area contributed by atoms with Crippen molar-refractivity contribution in [1.82, 2.24) is 15.2 Å². The number of rotatable bonds is 8. The molecule has 0 amide bonds. The van der Waals surface area contributed by atoms with Crippen molar-refractivity contribution < 1.29 is 9.47 Å². The zero-order valence-electron chi connectivity index (χ0n) is 15.9. The summed E-state index contributed by atoms with van der Waals surface area (Å²) in [6.07, 6.45) is 8.00. The molecule has 2 fully saturated rings. The van der Waals surface area contributed by atoms with Gasteiger partial charge in [-0.25, -0.2) is 9.98 Å². The van der Waals surface area contributed by atoms with E-state index >= 15 is 0 Å². The molecule has 2 aliphatic rings. The summed E-state index contributed by atoms with van der Waals surface area (Å²) in [6, 6.07) is 3.93. The second-order valence-corrected chi connectivity index (χ2v) is 6.96. The summed E-state index contributed by atoms with van der Waals surface area (Å²) in [5.41, 5.74) is 6.97. The van der Waals surface area contributed by atoms with Crippen molar-refractivity contribution in [3.63, 3.8) is 0 Å². The minimum atomic E-state index is 0. The number of nitrogens with zero attached hydrogens (tertiary/aromatic N) is 3. The van der Waals surface area contributed by atoms with Gasteiger partial charge in [0.1, 0.15) is 6.10 Å². The number of morpholine rings is 1. The van der Waals surface area contributed by atoms with Crippen LogP contribution >= 0.6 is 24.0 Å². The number of aromatic nitrogens is 1. The monoisotopic (exact) mass is 489 g/mol. The highest BCUT2D eigenvalue weighted by Crippen LogP contribution is 2.22. The van der Waals surface area contributed by atoms with Gasteiger partial charge in [0.2, 0.25) is 5.88 Å². The predicted octanol–water partition coefficient (Wildman–Crippen LogP) is 2.15. The van der Waals surface area contributed by atoms with Gasteiger partial charge in [-0.15, -0.1) is 24.0 Å². The van der Waals surface area contributed by atoms with E-state index in [1.165, 1.54) is 12.8 Å². The second kappa shape index (κ2) is 12.4. The van der Waals surface area contributed by atoms with Crippen LogP contribution in [0.3, 0.4) is 0 Å². The number of nitrogens with one attached hydrogen (secondary N) is 1. The zero-order chi connectivity index (χ0) is 18.0. The highest BCUT2D eigenvalue weighted by Gasteiger charge is 2.16. The fourth-order valence-electron chi connectivity index (χ4n) is 3.33. The number of nitrogens with two attached hydrogens (primary N) is 1. The Morgan fingerprint density at radius 2 is 2.07 bits per heavy atom. The van der Waals surface area contributed by atoms with Crippen molar-refractivity contribution in [3.8, 4) is 5.88 Å². The second-order valence-electron chi connectivity index (χ2n) is 6.96. The van der Waals surface area contributed by atoms with Crippen LogP contribution in [0.1, 0.15) is 37.7 Å². The van der Waals surface area contributed by atoms with Gasteiger partial charge >= 0.3 is 0 Å². The molecule has 7 nitrogen and oxygen atoms in total. The molecule has 0 unspecified atom stereocenters. The number of aliphatic imine (C=N–C) groups is 1. The van der Waals surface area contributed by atoms with Crippen LogP contribution < -0.4 is 15.8 Å². The van der Waals surface area contributed by atoms with Crippen molar-refractivity contribution in [2.24, 2.45) is 10.7 Å². The first-order valence-electron chi connectivity index (χ1n) is 9.75. The molecule has 1 saturated carbocycles. The molecule has 0 atom stereocenters. The van der Waals surface area contributed by atoms with Crippen LogP contribution in [0.4, 0.5) is 0 Å². The van der Waals surface area contributed by atoms with Crippen molar-refractivity contribution in [1.29, 1.82) is 0 Å². The molecule has 3 N–H and O–H groups in total. The fraction of sp³-hybridized carbons (Fsp3) is 0.684. The number of guanidine groups is 1. The van der Waals surface area contributed by atoms with Crippen LogP contribution in [0.15, 0.2) is 23.3 Å². The van der Waals surface area contributed by atoms with Gasteiger partial charge < -0.3 is 20.5 Å². The summed E-state index contributed by atoms with van der Waals surface area (Å²) in [5.74, 6) is 1.19. The smallest absolute Gasteiger partial charge is 0.213 e. The topological polar surface area (TPSA) is 85.0 Å². The third-order valence-electron chi connectivity index (χ3n) is 4.88. The summed E-state index contributed by atoms with van der Waals surface area (Å²) in [4.78, 5) is 11.2. The van der Waals surface area contributed by atoms with Crippen LogP contribution in [-0.2, 0) is 11.3 Å². The third-order valence-corrected chi connectivity index (χ3v) is 4.88. The van der Waals surface area contributed by atoms with Gasteiger partial charge in [-0.1, -0.05) is 6.07 Å². The first-order valence-corrected chi connectivity index (χ1v) is 9.75. The average molecular weight is 489 g/mol. The van der Waals surface area contributed by atoms with Crippen molar-refractivity contribution in [3.05, 3.63) is 23.9 Å². The standard InChI is InChI=1S/C19H31N5O2.HI/c20-19(21-8-3-9-24-10-12-25-13-11-24)23-15-16-6-7-18(22-14-16)26-17-4-1-2-5-17;/h6-7,14,17H,1-5,8-13,15H2,(H3,20,21,23);1H. The molecule has 3 rings (SSSR count). The van der Waals surface area contributed by atoms with E-state index in [1.807, 2.05) is 18.3 Å². The van der Waals surface area contributed by atoms with Crippen LogP contribution in [0.25, 0.3) is 0 Å². The number of ether oxygens (including phenoxy) is 2. The molecule has 0 aromatic carbocycles. The fourth-order valence-corrected chi connectivity index (χ4v) is 3.33. The first kappa shape index (κ1) is 22.2. The summed E-state index contributed by atoms with van der Waals surface area (Å²) >= 11 is 0. The zero-order valence-corrected chi connectivity index (χ0v) is 18.3. The largest absolute Gasteiger partial charge is 0.474 e. The molecule has 1 saturated heterocycles. The highest BCUT2D eigenvalue weighted by atomic mass is 127. The minimum absolute atomic E-state index is 0. The van der Waals surface area contributed by atoms with E-state index in [-0.39, 0.29) is 24.0 Å². The number of hydrogen-bond acceptors (Lipinski definition) is 5. The Bertz CT molecular complexity index is 558. The van der Waals surface area contributed by atoms with E-state index in [0.29, 0.717) is 24.5 Å². The summed E-state index contributed by atoms with van der Waals surface area (Å²) in [5, 5.41) is 3.18. The van der Waals surface area contributed by atoms with Crippen molar-refractivity contribution in [2.75, 3.05) is 39.4 Å². The molecule has 27 heavy (non-hydrogen) atoms. The lowest BCUT2D eigenvalue weighted by Crippen LogP contribution is -2.39. The summed E-state index contributed by atoms with van der Waals surface area (Å²) < 4.78 is 11.2. The van der Waals surface area contributed by atoms with Crippen LogP contribution in [0.2, 0.25) is 0 Å². The SMILES string of the molecule is I.NC(=NCc1ccc(OC2CCCC2)nc1)NCCCN1CCOCC1. The normalized spacial score (nSPS) is 18.9. The van der Waals surface area contributed by atoms with Gasteiger partial charge in [0, 0.05) is 31.9 Å². The molecule has 8 heteroatoms. The maximum Gasteiger partial charge on any atom is 0.213 e. The Labute approximate surface area is 179 Å². The third kappa shape index (κ3) is 8.18. The Balaban J connectivity index is 0.00000261. The molecule has 0 radical (unpaired) electrons. The average Bonchev–Trinajstić information content (AvgIpc) is 3.19. The quantitative estimate of drug-likeness (QED) is 0.252. The van der Waals surface area contributed by atoms with Gasteiger partial charge in [-0.05, 0) is 44.2 Å². The van der Waals surface area contributed by atoms with Crippen molar-refractivity contribution in [2.45, 2.75) is 44.8 Å². The summed E-state index contributed by atoms with van der Waals surface area (Å²) in [7, 11) is 0. The van der Waals surface area contributed by atoms with Crippen LogP contribution in [0, 0.1) is 0 Å². The van der Waals surface area contributed by atoms with Crippen LogP contribution in [0.5, 0.6) is 5.88 Å². The van der Waals surface area contributed by atoms with E-state index in [2.05, 4.69) is 20.2 Å². The predicted molar refractivity (Wildman–Crippen MR) is 118 cm³/mol. The minimum Gasteiger partial charge on any atom is -0.474 e. The van der Waals surface area contributed by atoms with Gasteiger partial charge in [0.25, 0.3) is 0 Å². The number of pyridine rings is 1. The van der Waals surface area contributed by atoms with E-state index in [1.54, 1.807) is 0 Å². The van der Waals surface area contributed by atoms with Gasteiger partial charge in [-0.3, -0.25) is 4.90 Å². The highest BCUT2D eigenvalue weighted by molar-refractivity contribution is 14.0. The Kier molecular flexibility index (Phi) is 10.1. The van der Waals surface area contributed by atoms with Gasteiger partial charge in [0.05, 0.1) is 19.8 Å². The molecule has 1 aliphatic heterocycles. The molecular weight excluding hydrogens is 457 g/mol.